The van der Waals surface area contributed by atoms with E-state index in [9.17, 15) is 14.9 Å². The molecule has 24 heavy (non-hydrogen) atoms. The van der Waals surface area contributed by atoms with Crippen LogP contribution in [-0.4, -0.2) is 23.9 Å². The molecule has 126 valence electrons. The summed E-state index contributed by atoms with van der Waals surface area (Å²) in [4.78, 5) is 21.9. The minimum absolute atomic E-state index is 0.0149. The van der Waals surface area contributed by atoms with Gasteiger partial charge in [0.05, 0.1) is 4.92 Å². The molecule has 0 aliphatic heterocycles. The summed E-state index contributed by atoms with van der Waals surface area (Å²) in [6, 6.07) is 14.4. The van der Waals surface area contributed by atoms with Gasteiger partial charge in [-0.1, -0.05) is 29.8 Å². The molecule has 0 bridgehead atoms. The molecule has 6 nitrogen and oxygen atoms in total. The van der Waals surface area contributed by atoms with Crippen LogP contribution in [0, 0.1) is 17.0 Å². The lowest BCUT2D eigenvalue weighted by atomic mass is 10.1. The Morgan fingerprint density at radius 2 is 1.71 bits per heavy atom. The second-order valence-electron chi connectivity index (χ2n) is 5.57. The molecule has 0 unspecified atom stereocenters. The van der Waals surface area contributed by atoms with Crippen LogP contribution in [0.15, 0.2) is 48.5 Å². The number of benzene rings is 2. The highest BCUT2D eigenvalue weighted by molar-refractivity contribution is 5.76. The Bertz CT molecular complexity index is 682. The molecule has 1 amide bonds. The van der Waals surface area contributed by atoms with Crippen LogP contribution in [0.2, 0.25) is 0 Å². The van der Waals surface area contributed by atoms with Crippen molar-refractivity contribution in [3.05, 3.63) is 69.8 Å². The highest BCUT2D eigenvalue weighted by Gasteiger charge is 2.04. The highest BCUT2D eigenvalue weighted by atomic mass is 16.6. The van der Waals surface area contributed by atoms with Crippen LogP contribution in [-0.2, 0) is 11.2 Å². The smallest absolute Gasteiger partial charge is 0.269 e. The maximum atomic E-state index is 11.8. The lowest BCUT2D eigenvalue weighted by molar-refractivity contribution is -0.384. The van der Waals surface area contributed by atoms with Gasteiger partial charge in [-0.3, -0.25) is 14.9 Å². The van der Waals surface area contributed by atoms with Crippen molar-refractivity contribution < 1.29 is 9.72 Å². The zero-order valence-electron chi connectivity index (χ0n) is 13.6. The van der Waals surface area contributed by atoms with Crippen molar-refractivity contribution in [2.24, 2.45) is 0 Å². The fraction of sp³-hybridized carbons (Fsp3) is 0.278. The van der Waals surface area contributed by atoms with Crippen molar-refractivity contribution in [3.63, 3.8) is 0 Å². The summed E-state index contributed by atoms with van der Waals surface area (Å²) < 4.78 is 0. The third kappa shape index (κ3) is 5.72. The van der Waals surface area contributed by atoms with Gasteiger partial charge in [0.15, 0.2) is 0 Å². The van der Waals surface area contributed by atoms with Gasteiger partial charge in [0, 0.05) is 37.3 Å². The van der Waals surface area contributed by atoms with E-state index in [1.54, 1.807) is 12.1 Å². The monoisotopic (exact) mass is 327 g/mol. The average Bonchev–Trinajstić information content (AvgIpc) is 2.58. The Labute approximate surface area is 141 Å². The number of non-ortho nitro benzene ring substituents is 1. The molecule has 0 saturated heterocycles. The second-order valence-corrected chi connectivity index (χ2v) is 5.57. The number of nitro benzene ring substituents is 1. The van der Waals surface area contributed by atoms with E-state index in [-0.39, 0.29) is 11.6 Å². The molecule has 2 aromatic rings. The van der Waals surface area contributed by atoms with Gasteiger partial charge >= 0.3 is 0 Å². The summed E-state index contributed by atoms with van der Waals surface area (Å²) in [5.41, 5.74) is 3.21. The molecule has 6 heteroatoms. The molecule has 0 heterocycles. The number of carbonyl (C=O) groups excluding carboxylic acids is 1. The molecule has 0 radical (unpaired) electrons. The predicted octanol–water partition coefficient (Wildman–Crippen LogP) is 3.06. The third-order valence-corrected chi connectivity index (χ3v) is 3.62. The van der Waals surface area contributed by atoms with E-state index in [4.69, 9.17) is 0 Å². The Hall–Kier alpha value is -2.89. The van der Waals surface area contributed by atoms with Crippen molar-refractivity contribution in [2.45, 2.75) is 19.8 Å². The number of hydrogen-bond acceptors (Lipinski definition) is 4. The minimum atomic E-state index is -0.432. The van der Waals surface area contributed by atoms with Crippen molar-refractivity contribution in [1.82, 2.24) is 5.32 Å². The molecule has 0 aromatic heterocycles. The molecule has 2 N–H and O–H groups in total. The van der Waals surface area contributed by atoms with Crippen molar-refractivity contribution in [2.75, 3.05) is 18.4 Å². The van der Waals surface area contributed by atoms with E-state index < -0.39 is 4.92 Å². The second kappa shape index (κ2) is 8.67. The molecule has 0 spiro atoms. The number of nitrogens with zero attached hydrogens (tertiary/aromatic N) is 1. The van der Waals surface area contributed by atoms with E-state index in [0.717, 1.165) is 17.7 Å². The minimum Gasteiger partial charge on any atom is -0.383 e. The maximum Gasteiger partial charge on any atom is 0.269 e. The topological polar surface area (TPSA) is 84.3 Å². The fourth-order valence-electron chi connectivity index (χ4n) is 2.21. The van der Waals surface area contributed by atoms with Crippen LogP contribution in [0.3, 0.4) is 0 Å². The van der Waals surface area contributed by atoms with Crippen molar-refractivity contribution >= 4 is 17.3 Å². The lowest BCUT2D eigenvalue weighted by Gasteiger charge is -2.08. The summed E-state index contributed by atoms with van der Waals surface area (Å²) in [6.07, 6.45) is 1.18. The number of nitro groups is 1. The Balaban J connectivity index is 1.63. The highest BCUT2D eigenvalue weighted by Crippen LogP contribution is 2.14. The molecular formula is C18H21N3O3. The average molecular weight is 327 g/mol. The van der Waals surface area contributed by atoms with Gasteiger partial charge < -0.3 is 10.6 Å². The zero-order valence-corrected chi connectivity index (χ0v) is 13.6. The lowest BCUT2D eigenvalue weighted by Crippen LogP contribution is -2.28. The number of carbonyl (C=O) groups is 1. The first-order valence-corrected chi connectivity index (χ1v) is 7.85. The van der Waals surface area contributed by atoms with Gasteiger partial charge in [-0.05, 0) is 31.0 Å². The van der Waals surface area contributed by atoms with Gasteiger partial charge in [0.2, 0.25) is 5.91 Å². The number of anilines is 1. The molecule has 0 saturated carbocycles. The van der Waals surface area contributed by atoms with E-state index in [1.165, 1.54) is 17.7 Å². The summed E-state index contributed by atoms with van der Waals surface area (Å²) in [5.74, 6) is 0.0149. The van der Waals surface area contributed by atoms with Crippen LogP contribution in [0.25, 0.3) is 0 Å². The zero-order chi connectivity index (χ0) is 17.4. The molecule has 0 aliphatic carbocycles. The number of hydrogen-bond donors (Lipinski definition) is 2. The van der Waals surface area contributed by atoms with Gasteiger partial charge in [0.1, 0.15) is 0 Å². The van der Waals surface area contributed by atoms with Gasteiger partial charge in [-0.2, -0.15) is 0 Å². The van der Waals surface area contributed by atoms with Crippen LogP contribution in [0.1, 0.15) is 17.5 Å². The van der Waals surface area contributed by atoms with E-state index >= 15 is 0 Å². The standard InChI is InChI=1S/C18H21N3O3/c1-14-2-4-15(5-3-14)6-11-18(22)20-13-12-19-16-7-9-17(10-8-16)21(23)24/h2-5,7-10,19H,6,11-13H2,1H3,(H,20,22). The molecule has 2 aromatic carbocycles. The van der Waals surface area contributed by atoms with Gasteiger partial charge in [-0.15, -0.1) is 0 Å². The van der Waals surface area contributed by atoms with Crippen molar-refractivity contribution in [3.8, 4) is 0 Å². The Morgan fingerprint density at radius 1 is 1.04 bits per heavy atom. The van der Waals surface area contributed by atoms with Crippen LogP contribution in [0.5, 0.6) is 0 Å². The number of nitrogens with one attached hydrogen (secondary N) is 2. The SMILES string of the molecule is Cc1ccc(CCC(=O)NCCNc2ccc([N+](=O)[O-])cc2)cc1. The first kappa shape index (κ1) is 17.5. The van der Waals surface area contributed by atoms with E-state index in [0.29, 0.717) is 19.5 Å². The maximum absolute atomic E-state index is 11.8. The summed E-state index contributed by atoms with van der Waals surface area (Å²) in [5, 5.41) is 16.5. The van der Waals surface area contributed by atoms with E-state index in [1.807, 2.05) is 31.2 Å². The Morgan fingerprint density at radius 3 is 2.33 bits per heavy atom. The molecule has 0 atom stereocenters. The van der Waals surface area contributed by atoms with Crippen LogP contribution < -0.4 is 10.6 Å². The van der Waals surface area contributed by atoms with Gasteiger partial charge in [-0.25, -0.2) is 0 Å². The summed E-state index contributed by atoms with van der Waals surface area (Å²) in [6.45, 7) is 3.10. The largest absolute Gasteiger partial charge is 0.383 e. The van der Waals surface area contributed by atoms with Crippen LogP contribution in [0.4, 0.5) is 11.4 Å². The summed E-state index contributed by atoms with van der Waals surface area (Å²) in [7, 11) is 0. The first-order valence-electron chi connectivity index (χ1n) is 7.85. The molecule has 0 fully saturated rings. The fourth-order valence-corrected chi connectivity index (χ4v) is 2.21. The van der Waals surface area contributed by atoms with Gasteiger partial charge in [0.25, 0.3) is 5.69 Å². The van der Waals surface area contributed by atoms with Crippen LogP contribution >= 0.6 is 0 Å². The quantitative estimate of drug-likeness (QED) is 0.443. The summed E-state index contributed by atoms with van der Waals surface area (Å²) >= 11 is 0. The predicted molar refractivity (Wildman–Crippen MR) is 94.1 cm³/mol. The molecule has 2 rings (SSSR count). The number of rotatable bonds is 8. The normalized spacial score (nSPS) is 10.2. The third-order valence-electron chi connectivity index (χ3n) is 3.62. The van der Waals surface area contributed by atoms with E-state index in [2.05, 4.69) is 10.6 Å². The number of aryl methyl sites for hydroxylation is 2. The molecular weight excluding hydrogens is 306 g/mol. The first-order chi connectivity index (χ1) is 11.5. The Kier molecular flexibility index (Phi) is 6.31. The number of amides is 1. The molecule has 0 aliphatic rings. The van der Waals surface area contributed by atoms with Crippen molar-refractivity contribution in [1.29, 1.82) is 0 Å².